The Morgan fingerprint density at radius 1 is 1.11 bits per heavy atom. The molecular weight excluding hydrogens is 470 g/mol. The summed E-state index contributed by atoms with van der Waals surface area (Å²) in [7, 11) is 1.53. The first-order chi connectivity index (χ1) is 17.9. The number of rotatable bonds is 6. The second kappa shape index (κ2) is 10.0. The molecule has 9 heteroatoms. The Morgan fingerprint density at radius 2 is 1.86 bits per heavy atom. The zero-order chi connectivity index (χ0) is 26.1. The Kier molecular flexibility index (Phi) is 6.60. The molecule has 0 aliphatic heterocycles. The maximum atomic E-state index is 13.5. The Morgan fingerprint density at radius 3 is 2.59 bits per heavy atom. The van der Waals surface area contributed by atoms with E-state index in [1.54, 1.807) is 18.3 Å². The second-order valence-corrected chi connectivity index (χ2v) is 9.46. The molecule has 5 rings (SSSR count). The molecule has 0 N–H and O–H groups in total. The first kappa shape index (κ1) is 24.4. The Bertz CT molecular complexity index is 1580. The molecule has 0 saturated heterocycles. The predicted molar refractivity (Wildman–Crippen MR) is 143 cm³/mol. The fourth-order valence-electron chi connectivity index (χ4n) is 5.25. The van der Waals surface area contributed by atoms with Crippen LogP contribution in [0.2, 0.25) is 0 Å². The molecule has 0 spiro atoms. The summed E-state index contributed by atoms with van der Waals surface area (Å²) in [6.07, 6.45) is 7.08. The first-order valence-corrected chi connectivity index (χ1v) is 12.5. The number of para-hydroxylation sites is 1. The van der Waals surface area contributed by atoms with E-state index >= 15 is 0 Å². The zero-order valence-electron chi connectivity index (χ0n) is 21.2. The van der Waals surface area contributed by atoms with E-state index < -0.39 is 4.92 Å². The highest BCUT2D eigenvalue weighted by molar-refractivity contribution is 5.83. The number of aromatic nitrogens is 3. The third-order valence-electron chi connectivity index (χ3n) is 7.15. The van der Waals surface area contributed by atoms with Crippen molar-refractivity contribution in [1.82, 2.24) is 14.2 Å². The lowest BCUT2D eigenvalue weighted by Crippen LogP contribution is -2.25. The van der Waals surface area contributed by atoms with E-state index in [9.17, 15) is 14.9 Å². The van der Waals surface area contributed by atoms with E-state index in [0.29, 0.717) is 28.2 Å². The Hall–Kier alpha value is -4.27. The van der Waals surface area contributed by atoms with Crippen molar-refractivity contribution in [2.24, 2.45) is 5.10 Å². The van der Waals surface area contributed by atoms with Gasteiger partial charge in [-0.3, -0.25) is 14.9 Å². The molecule has 190 valence electrons. The smallest absolute Gasteiger partial charge is 0.282 e. The second-order valence-electron chi connectivity index (χ2n) is 9.46. The van der Waals surface area contributed by atoms with Gasteiger partial charge < -0.3 is 9.30 Å². The van der Waals surface area contributed by atoms with Crippen molar-refractivity contribution in [3.8, 4) is 11.4 Å². The van der Waals surface area contributed by atoms with Crippen LogP contribution in [0.15, 0.2) is 58.4 Å². The van der Waals surface area contributed by atoms with Crippen molar-refractivity contribution in [1.29, 1.82) is 0 Å². The zero-order valence-corrected chi connectivity index (χ0v) is 21.2. The normalized spacial score (nSPS) is 14.5. The number of nitro groups is 1. The van der Waals surface area contributed by atoms with Crippen molar-refractivity contribution >= 4 is 22.8 Å². The van der Waals surface area contributed by atoms with Crippen molar-refractivity contribution in [3.63, 3.8) is 0 Å². The third-order valence-corrected chi connectivity index (χ3v) is 7.15. The molecule has 4 aromatic rings. The summed E-state index contributed by atoms with van der Waals surface area (Å²) >= 11 is 0. The molecule has 0 radical (unpaired) electrons. The van der Waals surface area contributed by atoms with E-state index in [0.717, 1.165) is 42.6 Å². The van der Waals surface area contributed by atoms with Gasteiger partial charge in [-0.1, -0.05) is 31.4 Å². The minimum Gasteiger partial charge on any atom is -0.495 e. The highest BCUT2D eigenvalue weighted by Gasteiger charge is 2.23. The maximum absolute atomic E-state index is 13.5. The molecule has 0 unspecified atom stereocenters. The fraction of sp³-hybridized carbons (Fsp3) is 0.321. The minimum atomic E-state index is -0.425. The molecular formula is C28H29N5O4. The van der Waals surface area contributed by atoms with Gasteiger partial charge in [-0.15, -0.1) is 0 Å². The predicted octanol–water partition coefficient (Wildman–Crippen LogP) is 5.65. The van der Waals surface area contributed by atoms with Crippen LogP contribution in [0.1, 0.15) is 60.8 Å². The van der Waals surface area contributed by atoms with Gasteiger partial charge in [0, 0.05) is 35.0 Å². The highest BCUT2D eigenvalue weighted by Crippen LogP contribution is 2.33. The number of non-ortho nitro benzene ring substituents is 1. The lowest BCUT2D eigenvalue weighted by molar-refractivity contribution is -0.384. The molecule has 2 aromatic heterocycles. The van der Waals surface area contributed by atoms with Crippen LogP contribution >= 0.6 is 0 Å². The number of methoxy groups -OCH3 is 1. The first-order valence-electron chi connectivity index (χ1n) is 12.5. The van der Waals surface area contributed by atoms with Crippen LogP contribution in [-0.2, 0) is 0 Å². The van der Waals surface area contributed by atoms with Crippen LogP contribution in [0.25, 0.3) is 16.6 Å². The summed E-state index contributed by atoms with van der Waals surface area (Å²) in [5, 5.41) is 16.6. The SMILES string of the molecule is COc1ccc([N+](=O)[O-])cc1-n1c(C)cc(C=Nn2c(C3CCCCC3)nc3ccccc3c2=O)c1C. The van der Waals surface area contributed by atoms with Crippen molar-refractivity contribution in [2.75, 3.05) is 7.11 Å². The van der Waals surface area contributed by atoms with Gasteiger partial charge in [-0.2, -0.15) is 9.78 Å². The van der Waals surface area contributed by atoms with E-state index in [1.165, 1.54) is 30.3 Å². The number of aryl methyl sites for hydroxylation is 1. The molecule has 2 heterocycles. The van der Waals surface area contributed by atoms with Gasteiger partial charge in [0.1, 0.15) is 11.6 Å². The van der Waals surface area contributed by atoms with E-state index in [1.807, 2.05) is 42.7 Å². The van der Waals surface area contributed by atoms with Crippen LogP contribution in [0.3, 0.4) is 0 Å². The van der Waals surface area contributed by atoms with Crippen LogP contribution in [0.5, 0.6) is 5.75 Å². The summed E-state index contributed by atoms with van der Waals surface area (Å²) in [6.45, 7) is 3.83. The molecule has 1 aliphatic carbocycles. The average molecular weight is 500 g/mol. The van der Waals surface area contributed by atoms with Gasteiger partial charge in [0.05, 0.1) is 34.8 Å². The van der Waals surface area contributed by atoms with Crippen molar-refractivity contribution < 1.29 is 9.66 Å². The monoisotopic (exact) mass is 499 g/mol. The highest BCUT2D eigenvalue weighted by atomic mass is 16.6. The number of nitro benzene ring substituents is 1. The maximum Gasteiger partial charge on any atom is 0.282 e. The van der Waals surface area contributed by atoms with Gasteiger partial charge >= 0.3 is 0 Å². The van der Waals surface area contributed by atoms with E-state index in [2.05, 4.69) is 5.10 Å². The molecule has 1 saturated carbocycles. The molecule has 1 fully saturated rings. The van der Waals surface area contributed by atoms with Gasteiger partial charge in [0.25, 0.3) is 11.2 Å². The van der Waals surface area contributed by atoms with Crippen LogP contribution < -0.4 is 10.3 Å². The Balaban J connectivity index is 1.62. The molecule has 37 heavy (non-hydrogen) atoms. The van der Waals surface area contributed by atoms with Gasteiger partial charge in [-0.05, 0) is 51.0 Å². The standard InChI is InChI=1S/C28H29N5O4/c1-18-15-21(19(2)31(18)25-16-22(33(35)36)13-14-26(25)37-3)17-29-32-27(20-9-5-4-6-10-20)30-24-12-8-7-11-23(24)28(32)34/h7-8,11-17,20H,4-6,9-10H2,1-3H3. The number of nitrogens with zero attached hydrogens (tertiary/aromatic N) is 5. The molecule has 0 amide bonds. The number of fused-ring (bicyclic) bond motifs is 1. The summed E-state index contributed by atoms with van der Waals surface area (Å²) in [5.41, 5.74) is 3.52. The van der Waals surface area contributed by atoms with Crippen LogP contribution in [-0.4, -0.2) is 32.5 Å². The van der Waals surface area contributed by atoms with Gasteiger partial charge in [0.15, 0.2) is 0 Å². The quantitative estimate of drug-likeness (QED) is 0.194. The summed E-state index contributed by atoms with van der Waals surface area (Å²) in [6, 6.07) is 13.8. The van der Waals surface area contributed by atoms with E-state index in [4.69, 9.17) is 9.72 Å². The Labute approximate surface area is 214 Å². The summed E-state index contributed by atoms with van der Waals surface area (Å²) in [5.74, 6) is 1.41. The van der Waals surface area contributed by atoms with Crippen molar-refractivity contribution in [2.45, 2.75) is 51.9 Å². The molecule has 0 atom stereocenters. The van der Waals surface area contributed by atoms with Crippen LogP contribution in [0.4, 0.5) is 5.69 Å². The number of hydrogen-bond donors (Lipinski definition) is 0. The van der Waals surface area contributed by atoms with E-state index in [-0.39, 0.29) is 17.2 Å². The lowest BCUT2D eigenvalue weighted by Gasteiger charge is -2.22. The lowest BCUT2D eigenvalue weighted by atomic mass is 9.88. The summed E-state index contributed by atoms with van der Waals surface area (Å²) in [4.78, 5) is 29.4. The topological polar surface area (TPSA) is 105 Å². The average Bonchev–Trinajstić information content (AvgIpc) is 3.20. The number of hydrogen-bond acceptors (Lipinski definition) is 6. The van der Waals surface area contributed by atoms with Gasteiger partial charge in [0.2, 0.25) is 0 Å². The largest absolute Gasteiger partial charge is 0.495 e. The van der Waals surface area contributed by atoms with Crippen molar-refractivity contribution in [3.05, 3.63) is 91.8 Å². The van der Waals surface area contributed by atoms with Gasteiger partial charge in [-0.25, -0.2) is 4.98 Å². The summed E-state index contributed by atoms with van der Waals surface area (Å²) < 4.78 is 8.85. The number of ether oxygens (including phenoxy) is 1. The minimum absolute atomic E-state index is 0.0237. The molecule has 2 aromatic carbocycles. The number of benzene rings is 2. The molecule has 9 nitrogen and oxygen atoms in total. The molecule has 1 aliphatic rings. The van der Waals surface area contributed by atoms with Crippen LogP contribution in [0, 0.1) is 24.0 Å². The third kappa shape index (κ3) is 4.52. The fourth-order valence-corrected chi connectivity index (χ4v) is 5.25. The molecule has 0 bridgehead atoms.